The second-order valence-electron chi connectivity index (χ2n) is 7.86. The molecule has 2 amide bonds. The number of aromatic nitrogens is 1. The average Bonchev–Trinajstić information content (AvgIpc) is 3.25. The highest BCUT2D eigenvalue weighted by Gasteiger charge is 2.38. The number of carbonyl (C=O) groups excluding carboxylic acids is 2. The number of rotatable bonds is 5. The van der Waals surface area contributed by atoms with Gasteiger partial charge in [-0.05, 0) is 18.6 Å². The SMILES string of the molecule is CN(C)C(=O)C[C@H]1CN2C[C@H](NC(=O)Cc3noc4ccccc34)C[C@H]2CO1. The van der Waals surface area contributed by atoms with Crippen LogP contribution in [0.5, 0.6) is 0 Å². The van der Waals surface area contributed by atoms with Gasteiger partial charge >= 0.3 is 0 Å². The molecule has 1 aromatic carbocycles. The predicted octanol–water partition coefficient (Wildman–Crippen LogP) is 0.807. The molecule has 0 aliphatic carbocycles. The third kappa shape index (κ3) is 4.02. The van der Waals surface area contributed by atoms with E-state index in [1.807, 2.05) is 24.3 Å². The Labute approximate surface area is 163 Å². The van der Waals surface area contributed by atoms with Crippen LogP contribution < -0.4 is 5.32 Å². The summed E-state index contributed by atoms with van der Waals surface area (Å²) in [6.45, 7) is 2.11. The second-order valence-corrected chi connectivity index (χ2v) is 7.86. The Morgan fingerprint density at radius 3 is 2.93 bits per heavy atom. The second kappa shape index (κ2) is 7.89. The van der Waals surface area contributed by atoms with Crippen molar-refractivity contribution in [3.8, 4) is 0 Å². The van der Waals surface area contributed by atoms with Crippen LogP contribution in [0, 0.1) is 0 Å². The molecule has 28 heavy (non-hydrogen) atoms. The van der Waals surface area contributed by atoms with Crippen molar-refractivity contribution in [2.24, 2.45) is 0 Å². The minimum absolute atomic E-state index is 0.0517. The molecule has 3 heterocycles. The molecule has 2 saturated heterocycles. The molecule has 0 spiro atoms. The van der Waals surface area contributed by atoms with Crippen molar-refractivity contribution in [3.63, 3.8) is 0 Å². The predicted molar refractivity (Wildman–Crippen MR) is 103 cm³/mol. The number of morpholine rings is 1. The van der Waals surface area contributed by atoms with Gasteiger partial charge in [0.25, 0.3) is 0 Å². The van der Waals surface area contributed by atoms with E-state index in [4.69, 9.17) is 9.26 Å². The summed E-state index contributed by atoms with van der Waals surface area (Å²) in [7, 11) is 3.51. The van der Waals surface area contributed by atoms with Gasteiger partial charge in [0.2, 0.25) is 11.8 Å². The van der Waals surface area contributed by atoms with Crippen LogP contribution in [0.15, 0.2) is 28.8 Å². The molecule has 0 unspecified atom stereocenters. The van der Waals surface area contributed by atoms with Crippen molar-refractivity contribution in [3.05, 3.63) is 30.0 Å². The van der Waals surface area contributed by atoms with Gasteiger partial charge in [-0.25, -0.2) is 0 Å². The fourth-order valence-corrected chi connectivity index (χ4v) is 4.04. The molecule has 1 aromatic heterocycles. The van der Waals surface area contributed by atoms with E-state index in [0.717, 1.165) is 24.9 Å². The maximum absolute atomic E-state index is 12.5. The molecule has 2 aromatic rings. The third-order valence-electron chi connectivity index (χ3n) is 5.54. The lowest BCUT2D eigenvalue weighted by Gasteiger charge is -2.35. The molecule has 2 fully saturated rings. The average molecular weight is 386 g/mol. The third-order valence-corrected chi connectivity index (χ3v) is 5.54. The maximum atomic E-state index is 12.5. The standard InChI is InChI=1S/C20H26N4O4/c1-23(2)20(26)8-15-11-24-10-13(7-14(24)12-27-15)21-19(25)9-17-16-5-3-4-6-18(16)28-22-17/h3-6,13-15H,7-12H2,1-2H3,(H,21,25)/t13-,14+,15+/m1/s1. The lowest BCUT2D eigenvalue weighted by Crippen LogP contribution is -2.47. The summed E-state index contributed by atoms with van der Waals surface area (Å²) >= 11 is 0. The van der Waals surface area contributed by atoms with E-state index < -0.39 is 0 Å². The van der Waals surface area contributed by atoms with Crippen molar-refractivity contribution in [1.29, 1.82) is 0 Å². The zero-order chi connectivity index (χ0) is 19.7. The van der Waals surface area contributed by atoms with E-state index in [1.165, 1.54) is 0 Å². The van der Waals surface area contributed by atoms with Gasteiger partial charge in [0.05, 0.1) is 25.6 Å². The number of amides is 2. The van der Waals surface area contributed by atoms with Gasteiger partial charge in [-0.3, -0.25) is 14.5 Å². The van der Waals surface area contributed by atoms with Crippen LogP contribution in [0.2, 0.25) is 0 Å². The summed E-state index contributed by atoms with van der Waals surface area (Å²) in [5.41, 5.74) is 1.35. The lowest BCUT2D eigenvalue weighted by atomic mass is 10.1. The Kier molecular flexibility index (Phi) is 5.32. The molecule has 4 rings (SSSR count). The van der Waals surface area contributed by atoms with Crippen LogP contribution in [0.3, 0.4) is 0 Å². The zero-order valence-corrected chi connectivity index (χ0v) is 16.3. The zero-order valence-electron chi connectivity index (χ0n) is 16.3. The van der Waals surface area contributed by atoms with Crippen molar-refractivity contribution in [1.82, 2.24) is 20.3 Å². The minimum atomic E-state index is -0.0814. The number of ether oxygens (including phenoxy) is 1. The Bertz CT molecular complexity index is 865. The monoisotopic (exact) mass is 386 g/mol. The van der Waals surface area contributed by atoms with E-state index in [1.54, 1.807) is 19.0 Å². The molecule has 2 aliphatic heterocycles. The number of hydrogen-bond donors (Lipinski definition) is 1. The van der Waals surface area contributed by atoms with Crippen molar-refractivity contribution in [2.45, 2.75) is 37.5 Å². The summed E-state index contributed by atoms with van der Waals surface area (Å²) in [4.78, 5) is 28.3. The normalized spacial score (nSPS) is 24.9. The highest BCUT2D eigenvalue weighted by Crippen LogP contribution is 2.25. The van der Waals surface area contributed by atoms with Gasteiger partial charge in [-0.15, -0.1) is 0 Å². The number of para-hydroxylation sites is 1. The fraction of sp³-hybridized carbons (Fsp3) is 0.550. The van der Waals surface area contributed by atoms with Gasteiger partial charge in [-0.2, -0.15) is 0 Å². The molecule has 1 N–H and O–H groups in total. The van der Waals surface area contributed by atoms with Crippen LogP contribution >= 0.6 is 0 Å². The first-order valence-electron chi connectivity index (χ1n) is 9.68. The summed E-state index contributed by atoms with van der Waals surface area (Å²) in [6, 6.07) is 7.93. The molecule has 8 heteroatoms. The first-order chi connectivity index (χ1) is 13.5. The van der Waals surface area contributed by atoms with Crippen LogP contribution in [0.4, 0.5) is 0 Å². The summed E-state index contributed by atoms with van der Waals surface area (Å²) in [6.07, 6.45) is 1.38. The molecular weight excluding hydrogens is 360 g/mol. The van der Waals surface area contributed by atoms with Gasteiger partial charge in [0.15, 0.2) is 5.58 Å². The number of fused-ring (bicyclic) bond motifs is 2. The first kappa shape index (κ1) is 18.9. The summed E-state index contributed by atoms with van der Waals surface area (Å²) < 4.78 is 11.1. The van der Waals surface area contributed by atoms with Crippen LogP contribution in [0.1, 0.15) is 18.5 Å². The molecule has 2 aliphatic rings. The lowest BCUT2D eigenvalue weighted by molar-refractivity contribution is -0.134. The quantitative estimate of drug-likeness (QED) is 0.818. The number of hydrogen-bond acceptors (Lipinski definition) is 6. The van der Waals surface area contributed by atoms with Gasteiger partial charge in [0.1, 0.15) is 5.69 Å². The number of nitrogens with zero attached hydrogens (tertiary/aromatic N) is 3. The Balaban J connectivity index is 1.30. The maximum Gasteiger partial charge on any atom is 0.226 e. The van der Waals surface area contributed by atoms with E-state index in [2.05, 4.69) is 15.4 Å². The molecule has 0 saturated carbocycles. The largest absolute Gasteiger partial charge is 0.375 e. The highest BCUT2D eigenvalue weighted by molar-refractivity contribution is 5.86. The molecule has 8 nitrogen and oxygen atoms in total. The van der Waals surface area contributed by atoms with Crippen molar-refractivity contribution >= 4 is 22.8 Å². The van der Waals surface area contributed by atoms with Crippen LogP contribution in [0.25, 0.3) is 11.0 Å². The topological polar surface area (TPSA) is 87.9 Å². The van der Waals surface area contributed by atoms with E-state index >= 15 is 0 Å². The number of nitrogens with one attached hydrogen (secondary N) is 1. The Hall–Kier alpha value is -2.45. The van der Waals surface area contributed by atoms with Gasteiger partial charge in [0, 0.05) is 44.7 Å². The van der Waals surface area contributed by atoms with E-state index in [0.29, 0.717) is 30.3 Å². The fourth-order valence-electron chi connectivity index (χ4n) is 4.04. The minimum Gasteiger partial charge on any atom is -0.375 e. The van der Waals surface area contributed by atoms with Gasteiger partial charge < -0.3 is 19.5 Å². The summed E-state index contributed by atoms with van der Waals surface area (Å²) in [5, 5.41) is 8.03. The highest BCUT2D eigenvalue weighted by atomic mass is 16.5. The molecule has 0 bridgehead atoms. The smallest absolute Gasteiger partial charge is 0.226 e. The summed E-state index contributed by atoms with van der Waals surface area (Å²) in [5.74, 6) is 0.0245. The van der Waals surface area contributed by atoms with Crippen LogP contribution in [-0.2, 0) is 20.7 Å². The van der Waals surface area contributed by atoms with Crippen molar-refractivity contribution in [2.75, 3.05) is 33.8 Å². The molecule has 0 radical (unpaired) electrons. The van der Waals surface area contributed by atoms with E-state index in [-0.39, 0.29) is 30.4 Å². The number of benzene rings is 1. The number of carbonyl (C=O) groups is 2. The Morgan fingerprint density at radius 2 is 2.11 bits per heavy atom. The first-order valence-corrected chi connectivity index (χ1v) is 9.68. The Morgan fingerprint density at radius 1 is 1.29 bits per heavy atom. The molecular formula is C20H26N4O4. The van der Waals surface area contributed by atoms with E-state index in [9.17, 15) is 9.59 Å². The van der Waals surface area contributed by atoms with Crippen LogP contribution in [-0.4, -0.2) is 78.8 Å². The van der Waals surface area contributed by atoms with Gasteiger partial charge in [-0.1, -0.05) is 17.3 Å². The molecule has 150 valence electrons. The van der Waals surface area contributed by atoms with Crippen molar-refractivity contribution < 1.29 is 18.8 Å². The molecule has 3 atom stereocenters.